The Kier molecular flexibility index (Phi) is 4.08. The summed E-state index contributed by atoms with van der Waals surface area (Å²) < 4.78 is 5.94. The topological polar surface area (TPSA) is 47.0 Å². The number of hydrogen-bond donors (Lipinski definition) is 1. The minimum absolute atomic E-state index is 0.559. The summed E-state index contributed by atoms with van der Waals surface area (Å²) in [6.45, 7) is 5.96. The van der Waals surface area contributed by atoms with E-state index >= 15 is 0 Å². The van der Waals surface area contributed by atoms with Crippen LogP contribution in [0.3, 0.4) is 0 Å². The van der Waals surface area contributed by atoms with Crippen molar-refractivity contribution < 1.29 is 4.74 Å². The fraction of sp³-hybridized carbons (Fsp3) is 0.750. The smallest absolute Gasteiger partial charge is 0.221 e. The molecule has 1 aromatic rings. The molecule has 110 valence electrons. The van der Waals surface area contributed by atoms with Gasteiger partial charge in [0.2, 0.25) is 5.88 Å². The van der Waals surface area contributed by atoms with Crippen LogP contribution in [0.5, 0.6) is 5.88 Å². The van der Waals surface area contributed by atoms with Crippen LogP contribution in [0.25, 0.3) is 0 Å². The molecule has 1 N–H and O–H groups in total. The molecule has 3 rings (SSSR count). The molecule has 2 aliphatic carbocycles. The normalized spacial score (nSPS) is 18.1. The van der Waals surface area contributed by atoms with E-state index in [0.717, 1.165) is 48.6 Å². The molecule has 2 saturated carbocycles. The minimum atomic E-state index is 0.559. The second kappa shape index (κ2) is 5.98. The zero-order valence-corrected chi connectivity index (χ0v) is 12.6. The number of nitrogens with one attached hydrogen (secondary N) is 1. The first kappa shape index (κ1) is 13.7. The molecule has 2 aliphatic rings. The third-order valence-corrected chi connectivity index (χ3v) is 4.07. The first-order valence-electron chi connectivity index (χ1n) is 8.03. The lowest BCUT2D eigenvalue weighted by Crippen LogP contribution is -2.10. The van der Waals surface area contributed by atoms with E-state index in [4.69, 9.17) is 4.74 Å². The van der Waals surface area contributed by atoms with Crippen molar-refractivity contribution in [1.29, 1.82) is 0 Å². The van der Waals surface area contributed by atoms with Crippen molar-refractivity contribution in [2.24, 2.45) is 5.92 Å². The van der Waals surface area contributed by atoms with Crippen LogP contribution in [0.4, 0.5) is 5.82 Å². The second-order valence-electron chi connectivity index (χ2n) is 6.14. The van der Waals surface area contributed by atoms with Crippen LogP contribution < -0.4 is 10.1 Å². The van der Waals surface area contributed by atoms with Crippen molar-refractivity contribution in [3.63, 3.8) is 0 Å². The summed E-state index contributed by atoms with van der Waals surface area (Å²) in [6, 6.07) is 0. The Morgan fingerprint density at radius 1 is 1.20 bits per heavy atom. The summed E-state index contributed by atoms with van der Waals surface area (Å²) in [7, 11) is 0. The second-order valence-corrected chi connectivity index (χ2v) is 6.14. The Hall–Kier alpha value is -1.32. The monoisotopic (exact) mass is 275 g/mol. The fourth-order valence-electron chi connectivity index (χ4n) is 2.32. The van der Waals surface area contributed by atoms with Crippen molar-refractivity contribution in [3.8, 4) is 5.88 Å². The molecule has 1 aromatic heterocycles. The fourth-order valence-corrected chi connectivity index (χ4v) is 2.32. The van der Waals surface area contributed by atoms with Gasteiger partial charge in [0, 0.05) is 12.5 Å². The van der Waals surface area contributed by atoms with E-state index in [1.165, 1.54) is 32.1 Å². The molecule has 0 atom stereocenters. The Balaban J connectivity index is 1.72. The zero-order chi connectivity index (χ0) is 13.9. The Morgan fingerprint density at radius 3 is 2.65 bits per heavy atom. The summed E-state index contributed by atoms with van der Waals surface area (Å²) in [4.78, 5) is 9.33. The van der Waals surface area contributed by atoms with Gasteiger partial charge in [-0.25, -0.2) is 4.98 Å². The Labute approximate surface area is 121 Å². The molecule has 0 bridgehead atoms. The summed E-state index contributed by atoms with van der Waals surface area (Å²) in [6.07, 6.45) is 7.46. The van der Waals surface area contributed by atoms with Gasteiger partial charge in [-0.1, -0.05) is 19.8 Å². The van der Waals surface area contributed by atoms with Crippen LogP contribution >= 0.6 is 0 Å². The predicted octanol–water partition coefficient (Wildman–Crippen LogP) is 3.66. The lowest BCUT2D eigenvalue weighted by Gasteiger charge is -2.14. The van der Waals surface area contributed by atoms with Gasteiger partial charge in [0.15, 0.2) is 0 Å². The SMILES string of the molecule is CCCNc1nc(C2CC2)nc(OCCC2CC2)c1C. The third-order valence-electron chi connectivity index (χ3n) is 4.07. The number of anilines is 1. The van der Waals surface area contributed by atoms with Crippen molar-refractivity contribution >= 4 is 5.82 Å². The lowest BCUT2D eigenvalue weighted by molar-refractivity contribution is 0.288. The van der Waals surface area contributed by atoms with Crippen LogP contribution in [-0.2, 0) is 0 Å². The molecule has 0 aromatic carbocycles. The summed E-state index contributed by atoms with van der Waals surface area (Å²) in [5, 5.41) is 3.41. The molecule has 0 unspecified atom stereocenters. The molecule has 2 fully saturated rings. The van der Waals surface area contributed by atoms with E-state index in [0.29, 0.717) is 5.92 Å². The number of nitrogens with zero attached hydrogens (tertiary/aromatic N) is 2. The highest BCUT2D eigenvalue weighted by atomic mass is 16.5. The van der Waals surface area contributed by atoms with Gasteiger partial charge in [0.25, 0.3) is 0 Å². The van der Waals surface area contributed by atoms with Gasteiger partial charge in [0.1, 0.15) is 11.6 Å². The maximum atomic E-state index is 5.94. The van der Waals surface area contributed by atoms with Crippen LogP contribution in [-0.4, -0.2) is 23.1 Å². The van der Waals surface area contributed by atoms with E-state index in [2.05, 4.69) is 29.1 Å². The van der Waals surface area contributed by atoms with E-state index in [1.54, 1.807) is 0 Å². The summed E-state index contributed by atoms with van der Waals surface area (Å²) in [5.41, 5.74) is 1.05. The van der Waals surface area contributed by atoms with Gasteiger partial charge in [-0.15, -0.1) is 0 Å². The van der Waals surface area contributed by atoms with Gasteiger partial charge < -0.3 is 10.1 Å². The molecule has 1 heterocycles. The highest BCUT2D eigenvalue weighted by molar-refractivity contribution is 5.49. The molecule has 20 heavy (non-hydrogen) atoms. The van der Waals surface area contributed by atoms with Crippen molar-refractivity contribution in [2.75, 3.05) is 18.5 Å². The maximum Gasteiger partial charge on any atom is 0.221 e. The number of rotatable bonds is 8. The van der Waals surface area contributed by atoms with Crippen LogP contribution in [0.15, 0.2) is 0 Å². The van der Waals surface area contributed by atoms with Gasteiger partial charge in [-0.3, -0.25) is 0 Å². The molecule has 4 nitrogen and oxygen atoms in total. The Bertz CT molecular complexity index is 467. The average molecular weight is 275 g/mol. The van der Waals surface area contributed by atoms with Gasteiger partial charge in [-0.2, -0.15) is 4.98 Å². The highest BCUT2D eigenvalue weighted by Gasteiger charge is 2.28. The molecule has 4 heteroatoms. The molecule has 0 radical (unpaired) electrons. The first-order valence-corrected chi connectivity index (χ1v) is 8.03. The van der Waals surface area contributed by atoms with Crippen LogP contribution in [0.1, 0.15) is 62.8 Å². The van der Waals surface area contributed by atoms with E-state index in [-0.39, 0.29) is 0 Å². The maximum absolute atomic E-state index is 5.94. The molecule has 0 saturated heterocycles. The van der Waals surface area contributed by atoms with Crippen molar-refractivity contribution in [1.82, 2.24) is 9.97 Å². The molecular weight excluding hydrogens is 250 g/mol. The standard InChI is InChI=1S/C16H25N3O/c1-3-9-17-14-11(2)16(20-10-8-12-4-5-12)19-15(18-14)13-6-7-13/h12-13H,3-10H2,1-2H3,(H,17,18,19). The predicted molar refractivity (Wildman–Crippen MR) is 80.4 cm³/mol. The van der Waals surface area contributed by atoms with Crippen molar-refractivity contribution in [3.05, 3.63) is 11.4 Å². The molecular formula is C16H25N3O. The minimum Gasteiger partial charge on any atom is -0.477 e. The van der Waals surface area contributed by atoms with E-state index in [1.807, 2.05) is 0 Å². The lowest BCUT2D eigenvalue weighted by atomic mass is 10.3. The molecule has 0 amide bonds. The highest BCUT2D eigenvalue weighted by Crippen LogP contribution is 2.40. The first-order chi connectivity index (χ1) is 9.78. The van der Waals surface area contributed by atoms with Gasteiger partial charge in [-0.05, 0) is 38.5 Å². The van der Waals surface area contributed by atoms with E-state index in [9.17, 15) is 0 Å². The third kappa shape index (κ3) is 3.41. The number of aromatic nitrogens is 2. The van der Waals surface area contributed by atoms with Crippen molar-refractivity contribution in [2.45, 2.75) is 58.3 Å². The van der Waals surface area contributed by atoms with E-state index < -0.39 is 0 Å². The van der Waals surface area contributed by atoms with Gasteiger partial charge in [0.05, 0.1) is 12.2 Å². The summed E-state index contributed by atoms with van der Waals surface area (Å²) >= 11 is 0. The largest absolute Gasteiger partial charge is 0.477 e. The molecule has 0 spiro atoms. The van der Waals surface area contributed by atoms with Gasteiger partial charge >= 0.3 is 0 Å². The average Bonchev–Trinajstić information content (AvgIpc) is 3.31. The van der Waals surface area contributed by atoms with Crippen LogP contribution in [0.2, 0.25) is 0 Å². The number of ether oxygens (including phenoxy) is 1. The van der Waals surface area contributed by atoms with Crippen LogP contribution in [0, 0.1) is 12.8 Å². The summed E-state index contributed by atoms with van der Waals surface area (Å²) in [5.74, 6) is 4.18. The number of hydrogen-bond acceptors (Lipinski definition) is 4. The zero-order valence-electron chi connectivity index (χ0n) is 12.6. The quantitative estimate of drug-likeness (QED) is 0.786. The Morgan fingerprint density at radius 2 is 2.00 bits per heavy atom. The molecule has 0 aliphatic heterocycles.